The van der Waals surface area contributed by atoms with Gasteiger partial charge in [0, 0.05) is 17.1 Å². The van der Waals surface area contributed by atoms with E-state index in [-0.39, 0.29) is 5.56 Å². The molecule has 0 bridgehead atoms. The van der Waals surface area contributed by atoms with Crippen LogP contribution in [0.3, 0.4) is 0 Å². The molecule has 2 nitrogen and oxygen atoms in total. The van der Waals surface area contributed by atoms with Crippen molar-refractivity contribution in [1.29, 1.82) is 0 Å². The van der Waals surface area contributed by atoms with Crippen molar-refractivity contribution in [2.24, 2.45) is 0 Å². The number of benzene rings is 2. The van der Waals surface area contributed by atoms with E-state index in [1.165, 1.54) is 24.3 Å². The molecule has 0 unspecified atom stereocenters. The van der Waals surface area contributed by atoms with Crippen LogP contribution >= 0.6 is 15.9 Å². The largest absolute Gasteiger partial charge is 0.416 e. The zero-order chi connectivity index (χ0) is 17.6. The van der Waals surface area contributed by atoms with Gasteiger partial charge in [-0.1, -0.05) is 52.3 Å². The average molecular weight is 398 g/mol. The van der Waals surface area contributed by atoms with Crippen molar-refractivity contribution >= 4 is 27.9 Å². The molecule has 2 aromatic carbocycles. The lowest BCUT2D eigenvalue weighted by Crippen LogP contribution is -2.23. The van der Waals surface area contributed by atoms with Crippen LogP contribution in [-0.2, 0) is 17.4 Å². The molecule has 0 atom stereocenters. The van der Waals surface area contributed by atoms with Crippen molar-refractivity contribution < 1.29 is 18.0 Å². The third-order valence-electron chi connectivity index (χ3n) is 3.33. The number of carbonyl (C=O) groups excluding carboxylic acids is 1. The first-order valence-corrected chi connectivity index (χ1v) is 8.03. The summed E-state index contributed by atoms with van der Waals surface area (Å²) < 4.78 is 39.5. The van der Waals surface area contributed by atoms with E-state index in [4.69, 9.17) is 0 Å². The Bertz CT molecular complexity index is 741. The van der Waals surface area contributed by atoms with E-state index >= 15 is 0 Å². The van der Waals surface area contributed by atoms with Crippen LogP contribution in [0.2, 0.25) is 0 Å². The lowest BCUT2D eigenvalue weighted by Gasteiger charge is -2.09. The number of halogens is 4. The Labute approximate surface area is 146 Å². The third-order valence-corrected chi connectivity index (χ3v) is 4.11. The maximum absolute atomic E-state index is 12.9. The summed E-state index contributed by atoms with van der Waals surface area (Å²) in [5, 5.41) is 2.66. The van der Waals surface area contributed by atoms with E-state index < -0.39 is 17.6 Å². The number of amides is 1. The second kappa shape index (κ2) is 8.15. The molecule has 0 fully saturated rings. The van der Waals surface area contributed by atoms with E-state index in [0.717, 1.165) is 22.2 Å². The highest BCUT2D eigenvalue weighted by Gasteiger charge is 2.32. The van der Waals surface area contributed by atoms with Gasteiger partial charge in [-0.3, -0.25) is 4.79 Å². The van der Waals surface area contributed by atoms with Gasteiger partial charge in [-0.25, -0.2) is 0 Å². The molecule has 0 aliphatic rings. The molecule has 2 aromatic rings. The molecule has 0 aliphatic carbocycles. The summed E-state index contributed by atoms with van der Waals surface area (Å²) >= 11 is 3.42. The van der Waals surface area contributed by atoms with Crippen molar-refractivity contribution in [1.82, 2.24) is 5.32 Å². The Morgan fingerprint density at radius 1 is 1.08 bits per heavy atom. The van der Waals surface area contributed by atoms with Crippen LogP contribution in [0, 0.1) is 0 Å². The van der Waals surface area contributed by atoms with Gasteiger partial charge in [-0.05, 0) is 35.8 Å². The fourth-order valence-corrected chi connectivity index (χ4v) is 2.63. The molecular weight excluding hydrogens is 383 g/mol. The topological polar surface area (TPSA) is 29.1 Å². The molecule has 2 rings (SSSR count). The van der Waals surface area contributed by atoms with Crippen LogP contribution in [0.5, 0.6) is 0 Å². The highest BCUT2D eigenvalue weighted by atomic mass is 79.9. The lowest BCUT2D eigenvalue weighted by atomic mass is 10.1. The summed E-state index contributed by atoms with van der Waals surface area (Å²) in [6, 6.07) is 12.8. The Morgan fingerprint density at radius 3 is 2.46 bits per heavy atom. The van der Waals surface area contributed by atoms with E-state index in [9.17, 15) is 18.0 Å². The Morgan fingerprint density at radius 2 is 1.75 bits per heavy atom. The van der Waals surface area contributed by atoms with E-state index in [2.05, 4.69) is 21.2 Å². The summed E-state index contributed by atoms with van der Waals surface area (Å²) in [6.07, 6.45) is -1.53. The molecule has 1 N–H and O–H groups in total. The summed E-state index contributed by atoms with van der Waals surface area (Å²) in [4.78, 5) is 11.8. The van der Waals surface area contributed by atoms with Gasteiger partial charge in [0.25, 0.3) is 0 Å². The third kappa shape index (κ3) is 5.23. The number of hydrogen-bond donors (Lipinski definition) is 1. The first-order valence-electron chi connectivity index (χ1n) is 7.23. The second-order valence-electron chi connectivity index (χ2n) is 5.05. The van der Waals surface area contributed by atoms with Crippen LogP contribution in [-0.4, -0.2) is 12.5 Å². The highest BCUT2D eigenvalue weighted by Crippen LogP contribution is 2.32. The molecule has 6 heteroatoms. The Balaban J connectivity index is 1.93. The van der Waals surface area contributed by atoms with Crippen molar-refractivity contribution in [3.8, 4) is 0 Å². The smallest absolute Gasteiger partial charge is 0.352 e. The van der Waals surface area contributed by atoms with Crippen LogP contribution in [0.15, 0.2) is 59.1 Å². The van der Waals surface area contributed by atoms with Gasteiger partial charge >= 0.3 is 6.18 Å². The predicted molar refractivity (Wildman–Crippen MR) is 91.3 cm³/mol. The summed E-state index contributed by atoms with van der Waals surface area (Å²) in [5.41, 5.74) is 0.248. The van der Waals surface area contributed by atoms with Crippen LogP contribution < -0.4 is 5.32 Å². The Hall–Kier alpha value is -2.08. The van der Waals surface area contributed by atoms with Crippen molar-refractivity contribution in [2.75, 3.05) is 6.54 Å². The molecule has 0 saturated heterocycles. The van der Waals surface area contributed by atoms with Crippen molar-refractivity contribution in [3.05, 3.63) is 75.8 Å². The summed E-state index contributed by atoms with van der Waals surface area (Å²) in [5.74, 6) is -0.431. The van der Waals surface area contributed by atoms with Crippen molar-refractivity contribution in [3.63, 3.8) is 0 Å². The molecule has 1 amide bonds. The van der Waals surface area contributed by atoms with E-state index in [1.807, 2.05) is 24.3 Å². The van der Waals surface area contributed by atoms with Gasteiger partial charge in [0.1, 0.15) is 0 Å². The maximum Gasteiger partial charge on any atom is 0.416 e. The van der Waals surface area contributed by atoms with Gasteiger partial charge < -0.3 is 5.32 Å². The number of alkyl halides is 3. The average Bonchev–Trinajstić information content (AvgIpc) is 2.54. The van der Waals surface area contributed by atoms with Crippen LogP contribution in [0.25, 0.3) is 6.08 Å². The maximum atomic E-state index is 12.9. The quantitative estimate of drug-likeness (QED) is 0.718. The van der Waals surface area contributed by atoms with E-state index in [0.29, 0.717) is 13.0 Å². The molecule has 0 radical (unpaired) electrons. The molecule has 24 heavy (non-hydrogen) atoms. The van der Waals surface area contributed by atoms with Crippen LogP contribution in [0.1, 0.15) is 16.7 Å². The zero-order valence-corrected chi connectivity index (χ0v) is 14.2. The minimum atomic E-state index is -4.45. The molecular formula is C18H15BrF3NO. The fraction of sp³-hybridized carbons (Fsp3) is 0.167. The Kier molecular flexibility index (Phi) is 6.20. The first kappa shape index (κ1) is 18.3. The number of rotatable bonds is 5. The molecule has 0 spiro atoms. The monoisotopic (exact) mass is 397 g/mol. The normalized spacial score (nSPS) is 11.7. The molecule has 0 saturated carbocycles. The van der Waals surface area contributed by atoms with Gasteiger partial charge in [-0.2, -0.15) is 13.2 Å². The molecule has 0 aliphatic heterocycles. The minimum absolute atomic E-state index is 0.0362. The SMILES string of the molecule is O=C(/C=C/c1ccccc1C(F)(F)F)NCCc1ccccc1Br. The van der Waals surface area contributed by atoms with Gasteiger partial charge in [0.2, 0.25) is 5.91 Å². The molecule has 0 heterocycles. The second-order valence-corrected chi connectivity index (χ2v) is 5.91. The van der Waals surface area contributed by atoms with Gasteiger partial charge in [0.05, 0.1) is 5.56 Å². The summed E-state index contributed by atoms with van der Waals surface area (Å²) in [6.45, 7) is 0.396. The molecule has 0 aromatic heterocycles. The number of hydrogen-bond acceptors (Lipinski definition) is 1. The standard InChI is InChI=1S/C18H15BrF3NO/c19-16-8-4-2-6-14(16)11-12-23-17(24)10-9-13-5-1-3-7-15(13)18(20,21)22/h1-10H,11-12H2,(H,23,24)/b10-9+. The lowest BCUT2D eigenvalue weighted by molar-refractivity contribution is -0.137. The van der Waals surface area contributed by atoms with E-state index in [1.54, 1.807) is 0 Å². The first-order chi connectivity index (χ1) is 11.4. The molecule has 126 valence electrons. The van der Waals surface area contributed by atoms with Gasteiger partial charge in [0.15, 0.2) is 0 Å². The minimum Gasteiger partial charge on any atom is -0.352 e. The fourth-order valence-electron chi connectivity index (χ4n) is 2.15. The van der Waals surface area contributed by atoms with Crippen LogP contribution in [0.4, 0.5) is 13.2 Å². The zero-order valence-electron chi connectivity index (χ0n) is 12.6. The van der Waals surface area contributed by atoms with Gasteiger partial charge in [-0.15, -0.1) is 0 Å². The highest BCUT2D eigenvalue weighted by molar-refractivity contribution is 9.10. The van der Waals surface area contributed by atoms with Crippen molar-refractivity contribution in [2.45, 2.75) is 12.6 Å². The number of carbonyl (C=O) groups is 1. The summed E-state index contributed by atoms with van der Waals surface area (Å²) in [7, 11) is 0. The predicted octanol–water partition coefficient (Wildman–Crippen LogP) is 4.84. The number of nitrogens with one attached hydrogen (secondary N) is 1.